The first-order valence-corrected chi connectivity index (χ1v) is 4.06. The van der Waals surface area contributed by atoms with E-state index in [-0.39, 0.29) is 11.8 Å². The molecule has 0 saturated heterocycles. The van der Waals surface area contributed by atoms with Crippen LogP contribution >= 0.6 is 0 Å². The van der Waals surface area contributed by atoms with Crippen LogP contribution in [0.2, 0.25) is 0 Å². The Kier molecular flexibility index (Phi) is 3.39. The van der Waals surface area contributed by atoms with Crippen LogP contribution in [0.3, 0.4) is 0 Å². The van der Waals surface area contributed by atoms with Crippen LogP contribution in [0.15, 0.2) is 6.33 Å². The molecule has 1 unspecified atom stereocenters. The van der Waals surface area contributed by atoms with Crippen molar-refractivity contribution in [3.05, 3.63) is 12.2 Å². The first kappa shape index (κ1) is 9.66. The molecule has 1 heterocycles. The van der Waals surface area contributed by atoms with Crippen molar-refractivity contribution in [1.29, 1.82) is 0 Å². The number of nitrogens with one attached hydrogen (secondary N) is 2. The van der Waals surface area contributed by atoms with Crippen molar-refractivity contribution >= 4 is 5.91 Å². The number of carbonyl (C=O) groups is 1. The Morgan fingerprint density at radius 3 is 3.15 bits per heavy atom. The zero-order chi connectivity index (χ0) is 9.68. The Balaban J connectivity index is 2.31. The molecule has 0 spiro atoms. The molecule has 1 atom stereocenters. The molecule has 0 aromatic carbocycles. The third-order valence-corrected chi connectivity index (χ3v) is 1.70. The topological polar surface area (TPSA) is 96.7 Å². The molecule has 0 saturated carbocycles. The Bertz CT molecular complexity index is 258. The van der Waals surface area contributed by atoms with Crippen LogP contribution in [0.1, 0.15) is 12.7 Å². The smallest absolute Gasteiger partial charge is 0.224 e. The molecule has 72 valence electrons. The normalized spacial score (nSPS) is 12.5. The summed E-state index contributed by atoms with van der Waals surface area (Å²) in [7, 11) is 0. The highest BCUT2D eigenvalue weighted by Crippen LogP contribution is 1.91. The molecule has 0 fully saturated rings. The highest BCUT2D eigenvalue weighted by Gasteiger charge is 2.09. The lowest BCUT2D eigenvalue weighted by Gasteiger charge is -2.07. The maximum atomic E-state index is 11.2. The summed E-state index contributed by atoms with van der Waals surface area (Å²) in [6.07, 6.45) is 1.40. The Labute approximate surface area is 75.9 Å². The summed E-state index contributed by atoms with van der Waals surface area (Å²) in [4.78, 5) is 15.1. The van der Waals surface area contributed by atoms with Crippen LogP contribution in [-0.2, 0) is 11.3 Å². The predicted octanol–water partition coefficient (Wildman–Crippen LogP) is -0.984. The number of rotatable bonds is 4. The second kappa shape index (κ2) is 4.56. The summed E-state index contributed by atoms with van der Waals surface area (Å²) in [6.45, 7) is 2.49. The monoisotopic (exact) mass is 183 g/mol. The van der Waals surface area contributed by atoms with Gasteiger partial charge in [-0.05, 0) is 0 Å². The van der Waals surface area contributed by atoms with Gasteiger partial charge in [0.25, 0.3) is 0 Å². The third kappa shape index (κ3) is 2.83. The van der Waals surface area contributed by atoms with Crippen molar-refractivity contribution < 1.29 is 4.79 Å². The van der Waals surface area contributed by atoms with Crippen LogP contribution in [0.5, 0.6) is 0 Å². The molecule has 4 N–H and O–H groups in total. The lowest BCUT2D eigenvalue weighted by Crippen LogP contribution is -2.33. The third-order valence-electron chi connectivity index (χ3n) is 1.70. The zero-order valence-electron chi connectivity index (χ0n) is 7.45. The Morgan fingerprint density at radius 2 is 2.62 bits per heavy atom. The van der Waals surface area contributed by atoms with E-state index in [1.807, 2.05) is 0 Å². The molecule has 13 heavy (non-hydrogen) atoms. The minimum absolute atomic E-state index is 0.0705. The number of H-pyrrole nitrogens is 1. The van der Waals surface area contributed by atoms with E-state index in [1.165, 1.54) is 6.33 Å². The summed E-state index contributed by atoms with van der Waals surface area (Å²) in [5, 5.41) is 8.98. The maximum absolute atomic E-state index is 11.2. The van der Waals surface area contributed by atoms with Crippen molar-refractivity contribution in [2.24, 2.45) is 11.7 Å². The van der Waals surface area contributed by atoms with Gasteiger partial charge in [0.1, 0.15) is 12.2 Å². The van der Waals surface area contributed by atoms with Gasteiger partial charge in [0.15, 0.2) is 0 Å². The molecule has 0 bridgehead atoms. The Hall–Kier alpha value is -1.43. The second-order valence-corrected chi connectivity index (χ2v) is 2.79. The van der Waals surface area contributed by atoms with Crippen LogP contribution in [0.25, 0.3) is 0 Å². The molecule has 6 nitrogen and oxygen atoms in total. The molecule has 1 rings (SSSR count). The fraction of sp³-hybridized carbons (Fsp3) is 0.571. The molecular formula is C7H13N5O. The first-order chi connectivity index (χ1) is 6.24. The fourth-order valence-electron chi connectivity index (χ4n) is 0.768. The SMILES string of the molecule is CC(CN)C(=O)NCc1ncn[nH]1. The standard InChI is InChI=1S/C7H13N5O/c1-5(2-8)7(13)9-3-6-10-4-11-12-6/h4-5H,2-3,8H2,1H3,(H,9,13)(H,10,11,12). The van der Waals surface area contributed by atoms with Crippen LogP contribution in [0, 0.1) is 5.92 Å². The van der Waals surface area contributed by atoms with Gasteiger partial charge in [0.2, 0.25) is 5.91 Å². The average molecular weight is 183 g/mol. The van der Waals surface area contributed by atoms with Crippen molar-refractivity contribution in [1.82, 2.24) is 20.5 Å². The van der Waals surface area contributed by atoms with Gasteiger partial charge in [-0.1, -0.05) is 6.92 Å². The minimum Gasteiger partial charge on any atom is -0.349 e. The van der Waals surface area contributed by atoms with Gasteiger partial charge in [0.05, 0.1) is 6.54 Å². The van der Waals surface area contributed by atoms with E-state index in [1.54, 1.807) is 6.92 Å². The van der Waals surface area contributed by atoms with E-state index < -0.39 is 0 Å². The summed E-state index contributed by atoms with van der Waals surface area (Å²) in [5.74, 6) is 0.402. The number of amides is 1. The van der Waals surface area contributed by atoms with Crippen LogP contribution in [-0.4, -0.2) is 27.6 Å². The molecule has 6 heteroatoms. The van der Waals surface area contributed by atoms with Gasteiger partial charge in [-0.25, -0.2) is 4.98 Å². The molecule has 0 aliphatic carbocycles. The van der Waals surface area contributed by atoms with E-state index >= 15 is 0 Å². The highest BCUT2D eigenvalue weighted by atomic mass is 16.1. The zero-order valence-corrected chi connectivity index (χ0v) is 7.45. The number of hydrogen-bond donors (Lipinski definition) is 3. The molecule has 1 aromatic rings. The summed E-state index contributed by atoms with van der Waals surface area (Å²) >= 11 is 0. The van der Waals surface area contributed by atoms with Gasteiger partial charge in [-0.15, -0.1) is 0 Å². The maximum Gasteiger partial charge on any atom is 0.224 e. The summed E-state index contributed by atoms with van der Waals surface area (Å²) in [5.41, 5.74) is 5.33. The van der Waals surface area contributed by atoms with E-state index in [9.17, 15) is 4.79 Å². The molecule has 1 aromatic heterocycles. The number of nitrogens with two attached hydrogens (primary N) is 1. The van der Waals surface area contributed by atoms with Gasteiger partial charge in [-0.2, -0.15) is 5.10 Å². The van der Waals surface area contributed by atoms with Crippen molar-refractivity contribution in [3.63, 3.8) is 0 Å². The number of nitrogens with zero attached hydrogens (tertiary/aromatic N) is 2. The van der Waals surface area contributed by atoms with E-state index in [0.29, 0.717) is 18.9 Å². The molecular weight excluding hydrogens is 170 g/mol. The second-order valence-electron chi connectivity index (χ2n) is 2.79. The molecule has 0 aliphatic rings. The number of hydrogen-bond acceptors (Lipinski definition) is 4. The fourth-order valence-corrected chi connectivity index (χ4v) is 0.768. The summed E-state index contributed by atoms with van der Waals surface area (Å²) < 4.78 is 0. The van der Waals surface area contributed by atoms with E-state index in [2.05, 4.69) is 20.5 Å². The highest BCUT2D eigenvalue weighted by molar-refractivity contribution is 5.78. The summed E-state index contributed by atoms with van der Waals surface area (Å²) in [6, 6.07) is 0. The largest absolute Gasteiger partial charge is 0.349 e. The lowest BCUT2D eigenvalue weighted by atomic mass is 10.2. The van der Waals surface area contributed by atoms with Gasteiger partial charge in [0, 0.05) is 12.5 Å². The van der Waals surface area contributed by atoms with Crippen molar-refractivity contribution in [2.45, 2.75) is 13.5 Å². The number of aromatic nitrogens is 3. The molecule has 1 amide bonds. The average Bonchev–Trinajstić information content (AvgIpc) is 2.65. The Morgan fingerprint density at radius 1 is 1.85 bits per heavy atom. The molecule has 0 radical (unpaired) electrons. The van der Waals surface area contributed by atoms with E-state index in [4.69, 9.17) is 5.73 Å². The van der Waals surface area contributed by atoms with Gasteiger partial charge >= 0.3 is 0 Å². The van der Waals surface area contributed by atoms with Gasteiger partial charge < -0.3 is 11.1 Å². The van der Waals surface area contributed by atoms with Crippen LogP contribution < -0.4 is 11.1 Å². The van der Waals surface area contributed by atoms with Crippen molar-refractivity contribution in [3.8, 4) is 0 Å². The molecule has 0 aliphatic heterocycles. The number of aromatic amines is 1. The van der Waals surface area contributed by atoms with E-state index in [0.717, 1.165) is 0 Å². The van der Waals surface area contributed by atoms with Crippen molar-refractivity contribution in [2.75, 3.05) is 6.54 Å². The minimum atomic E-state index is -0.164. The lowest BCUT2D eigenvalue weighted by molar-refractivity contribution is -0.124. The predicted molar refractivity (Wildman–Crippen MR) is 46.4 cm³/mol. The first-order valence-electron chi connectivity index (χ1n) is 4.06. The van der Waals surface area contributed by atoms with Gasteiger partial charge in [-0.3, -0.25) is 9.89 Å². The van der Waals surface area contributed by atoms with Crippen LogP contribution in [0.4, 0.5) is 0 Å². The quantitative estimate of drug-likeness (QED) is 0.558. The number of carbonyl (C=O) groups excluding carboxylic acids is 1.